The summed E-state index contributed by atoms with van der Waals surface area (Å²) < 4.78 is 31.9. The topological polar surface area (TPSA) is 175 Å². The Morgan fingerprint density at radius 1 is 1.21 bits per heavy atom. The summed E-state index contributed by atoms with van der Waals surface area (Å²) in [6.45, 7) is 0. The number of carbonyl (C=O) groups is 2. The van der Waals surface area contributed by atoms with Crippen LogP contribution in [-0.2, 0) is 17.3 Å². The van der Waals surface area contributed by atoms with E-state index in [0.29, 0.717) is 0 Å². The molecule has 0 aliphatic carbocycles. The molecule has 0 rings (SSSR count). The molecule has 0 saturated carbocycles. The predicted octanol–water partition coefficient (Wildman–Crippen LogP) is -2.86. The Morgan fingerprint density at radius 3 is 1.57 bits per heavy atom. The van der Waals surface area contributed by atoms with Crippen molar-refractivity contribution in [3.8, 4) is 0 Å². The third kappa shape index (κ3) is 22.4. The number of aliphatic carboxylic acids is 2. The van der Waals surface area contributed by atoms with Gasteiger partial charge < -0.3 is 15.9 Å². The Kier molecular flexibility index (Phi) is 7.05. The molecule has 0 aliphatic rings. The molecular weight excluding hydrogens is 269 g/mol. The van der Waals surface area contributed by atoms with Crippen molar-refractivity contribution in [2.24, 2.45) is 5.73 Å². The molecule has 0 aromatic carbocycles. The second-order valence-electron chi connectivity index (χ2n) is 1.99. The summed E-state index contributed by atoms with van der Waals surface area (Å²) in [5, 5.41) is 16.0. The standard InChI is InChI=1S/C4H7NO4.H2O4Se/c5-2(4(8)9)1-3(6)7;1-5(2,3)4/h2H,1,5H2,(H,6,7)(H,8,9);(H2,1,2,3,4)/t2-;/m0./s1. The molecule has 6 N–H and O–H groups in total. The van der Waals surface area contributed by atoms with Gasteiger partial charge in [0.05, 0.1) is 6.42 Å². The monoisotopic (exact) mass is 279 g/mol. The molecule has 9 nitrogen and oxygen atoms in total. The summed E-state index contributed by atoms with van der Waals surface area (Å²) in [7, 11) is 0. The van der Waals surface area contributed by atoms with Crippen LogP contribution in [0.2, 0.25) is 0 Å². The molecule has 0 heterocycles. The summed E-state index contributed by atoms with van der Waals surface area (Å²) in [5.41, 5.74) is 4.84. The fourth-order valence-electron chi connectivity index (χ4n) is 0.275. The fourth-order valence-corrected chi connectivity index (χ4v) is 0.275. The van der Waals surface area contributed by atoms with Gasteiger partial charge in [-0.25, -0.2) is 0 Å². The van der Waals surface area contributed by atoms with Crippen LogP contribution in [0.25, 0.3) is 0 Å². The summed E-state index contributed by atoms with van der Waals surface area (Å²) in [6.07, 6.45) is -0.532. The van der Waals surface area contributed by atoms with Crippen LogP contribution in [0.5, 0.6) is 0 Å². The molecular formula is C4H9NO8Se. The van der Waals surface area contributed by atoms with Crippen molar-refractivity contribution in [2.45, 2.75) is 12.5 Å². The Labute approximate surface area is 80.0 Å². The predicted molar refractivity (Wildman–Crippen MR) is 39.4 cm³/mol. The number of nitrogens with two attached hydrogens (primary N) is 1. The molecule has 0 aliphatic heterocycles. The Balaban J connectivity index is 0. The zero-order valence-corrected chi connectivity index (χ0v) is 8.40. The molecule has 1 atom stereocenters. The van der Waals surface area contributed by atoms with Gasteiger partial charge in [0, 0.05) is 0 Å². The van der Waals surface area contributed by atoms with Crippen LogP contribution in [0.3, 0.4) is 0 Å². The Bertz CT molecular complexity index is 286. The molecule has 0 spiro atoms. The molecule has 0 unspecified atom stereocenters. The second kappa shape index (κ2) is 6.40. The van der Waals surface area contributed by atoms with E-state index in [1.165, 1.54) is 0 Å². The van der Waals surface area contributed by atoms with E-state index in [4.69, 9.17) is 32.0 Å². The Morgan fingerprint density at radius 2 is 1.50 bits per heavy atom. The van der Waals surface area contributed by atoms with Crippen molar-refractivity contribution in [3.05, 3.63) is 0 Å². The van der Waals surface area contributed by atoms with Crippen LogP contribution in [0.15, 0.2) is 0 Å². The molecule has 0 fully saturated rings. The van der Waals surface area contributed by atoms with Crippen molar-refractivity contribution >= 4 is 25.3 Å². The van der Waals surface area contributed by atoms with Crippen molar-refractivity contribution in [2.75, 3.05) is 0 Å². The third-order valence-electron chi connectivity index (χ3n) is 0.712. The molecule has 0 aromatic heterocycles. The molecule has 10 heteroatoms. The number of hydrogen-bond acceptors (Lipinski definition) is 5. The van der Waals surface area contributed by atoms with Crippen molar-refractivity contribution in [3.63, 3.8) is 0 Å². The van der Waals surface area contributed by atoms with Gasteiger partial charge in [-0.2, -0.15) is 0 Å². The average Bonchev–Trinajstić information content (AvgIpc) is 1.80. The van der Waals surface area contributed by atoms with Gasteiger partial charge in [0.1, 0.15) is 6.04 Å². The first-order chi connectivity index (χ1) is 6.04. The van der Waals surface area contributed by atoms with E-state index >= 15 is 0 Å². The van der Waals surface area contributed by atoms with Crippen molar-refractivity contribution in [1.82, 2.24) is 0 Å². The van der Waals surface area contributed by atoms with E-state index in [1.807, 2.05) is 0 Å². The summed E-state index contributed by atoms with van der Waals surface area (Å²) >= 11 is -5.25. The minimum absolute atomic E-state index is 0.532. The van der Waals surface area contributed by atoms with Crippen LogP contribution in [0, 0.1) is 0 Å². The van der Waals surface area contributed by atoms with Gasteiger partial charge in [-0.3, -0.25) is 9.59 Å². The van der Waals surface area contributed by atoms with E-state index < -0.39 is 37.8 Å². The first kappa shape index (κ1) is 15.4. The molecule has 0 saturated heterocycles. The van der Waals surface area contributed by atoms with Crippen LogP contribution in [0.4, 0.5) is 0 Å². The van der Waals surface area contributed by atoms with Crippen LogP contribution in [0.1, 0.15) is 6.42 Å². The summed E-state index contributed by atoms with van der Waals surface area (Å²) in [4.78, 5) is 19.6. The van der Waals surface area contributed by atoms with Gasteiger partial charge >= 0.3 is 41.4 Å². The normalized spacial score (nSPS) is 12.2. The van der Waals surface area contributed by atoms with Crippen molar-refractivity contribution in [1.29, 1.82) is 0 Å². The minimum atomic E-state index is -5.25. The SMILES string of the molecule is N[C@@H](CC(=O)O)C(=O)O.O=[Se](=O)(O)O. The molecule has 0 radical (unpaired) electrons. The van der Waals surface area contributed by atoms with Gasteiger partial charge in [0.25, 0.3) is 0 Å². The van der Waals surface area contributed by atoms with Gasteiger partial charge in [-0.05, 0) is 0 Å². The number of hydrogen-bond donors (Lipinski definition) is 5. The first-order valence-electron chi connectivity index (χ1n) is 2.94. The van der Waals surface area contributed by atoms with Crippen LogP contribution >= 0.6 is 0 Å². The molecule has 0 amide bonds. The van der Waals surface area contributed by atoms with Gasteiger partial charge in [-0.1, -0.05) is 0 Å². The molecule has 84 valence electrons. The average molecular weight is 278 g/mol. The molecule has 0 aromatic rings. The molecule has 14 heavy (non-hydrogen) atoms. The first-order valence-corrected chi connectivity index (χ1v) is 5.87. The summed E-state index contributed by atoms with van der Waals surface area (Å²) in [5.74, 6) is -2.50. The zero-order valence-electron chi connectivity index (χ0n) is 6.69. The fraction of sp³-hybridized carbons (Fsp3) is 0.500. The van der Waals surface area contributed by atoms with E-state index in [0.717, 1.165) is 0 Å². The maximum atomic E-state index is 9.85. The second-order valence-corrected chi connectivity index (χ2v) is 3.87. The van der Waals surface area contributed by atoms with Gasteiger partial charge in [0.15, 0.2) is 0 Å². The van der Waals surface area contributed by atoms with Crippen molar-refractivity contribution < 1.29 is 35.8 Å². The number of carboxylic acid groups (broad SMARTS) is 2. The molecule has 0 bridgehead atoms. The van der Waals surface area contributed by atoms with E-state index in [2.05, 4.69) is 0 Å². The van der Waals surface area contributed by atoms with Crippen LogP contribution < -0.4 is 5.73 Å². The Hall–Kier alpha value is -1.06. The summed E-state index contributed by atoms with van der Waals surface area (Å²) in [6, 6.07) is -1.29. The van der Waals surface area contributed by atoms with E-state index in [-0.39, 0.29) is 0 Å². The van der Waals surface area contributed by atoms with E-state index in [1.54, 1.807) is 0 Å². The van der Waals surface area contributed by atoms with Gasteiger partial charge in [-0.15, -0.1) is 0 Å². The quantitative estimate of drug-likeness (QED) is 0.340. The maximum absolute atomic E-state index is 9.85. The third-order valence-corrected chi connectivity index (χ3v) is 0.712. The zero-order chi connectivity index (χ0) is 11.9. The number of carboxylic acids is 2. The van der Waals surface area contributed by atoms with Crippen LogP contribution in [-0.4, -0.2) is 49.9 Å². The van der Waals surface area contributed by atoms with E-state index in [9.17, 15) is 9.59 Å². The van der Waals surface area contributed by atoms with Gasteiger partial charge in [0.2, 0.25) is 0 Å². The number of rotatable bonds is 3.